The Hall–Kier alpha value is -7.03. The minimum atomic E-state index is 0.626. The predicted molar refractivity (Wildman–Crippen MR) is 202 cm³/mol. The molecule has 0 bridgehead atoms. The molecule has 9 rings (SSSR count). The molecule has 5 heteroatoms. The summed E-state index contributed by atoms with van der Waals surface area (Å²) in [6.07, 6.45) is 1.79. The Labute approximate surface area is 288 Å². The third kappa shape index (κ3) is 5.22. The fourth-order valence-electron chi connectivity index (χ4n) is 6.67. The quantitative estimate of drug-likeness (QED) is 0.176. The average Bonchev–Trinajstić information content (AvgIpc) is 3.20. The van der Waals surface area contributed by atoms with Crippen LogP contribution in [0.2, 0.25) is 0 Å². The Kier molecular flexibility index (Phi) is 7.11. The highest BCUT2D eigenvalue weighted by Crippen LogP contribution is 2.37. The Bertz CT molecular complexity index is 2770. The fraction of sp³-hybridized carbons (Fsp3) is 0. The van der Waals surface area contributed by atoms with Crippen LogP contribution in [0.3, 0.4) is 0 Å². The minimum absolute atomic E-state index is 0.626. The third-order valence-corrected chi connectivity index (χ3v) is 9.18. The number of rotatable bonds is 5. The lowest BCUT2D eigenvalue weighted by Gasteiger charge is -2.14. The van der Waals surface area contributed by atoms with Crippen LogP contribution in [0.5, 0.6) is 0 Å². The van der Waals surface area contributed by atoms with Crippen LogP contribution in [-0.2, 0) is 0 Å². The molecule has 0 unspecified atom stereocenters. The summed E-state index contributed by atoms with van der Waals surface area (Å²) >= 11 is 0. The molecule has 232 valence electrons. The zero-order chi connectivity index (χ0) is 33.4. The van der Waals surface area contributed by atoms with Crippen LogP contribution in [0.1, 0.15) is 5.56 Å². The smallest absolute Gasteiger partial charge is 0.0991 e. The van der Waals surface area contributed by atoms with Crippen molar-refractivity contribution >= 4 is 32.6 Å². The van der Waals surface area contributed by atoms with E-state index in [1.165, 1.54) is 0 Å². The zero-order valence-corrected chi connectivity index (χ0v) is 26.8. The van der Waals surface area contributed by atoms with Crippen molar-refractivity contribution in [3.63, 3.8) is 0 Å². The Morgan fingerprint density at radius 3 is 1.76 bits per heavy atom. The molecule has 0 aliphatic heterocycles. The molecule has 0 radical (unpaired) electrons. The summed E-state index contributed by atoms with van der Waals surface area (Å²) in [5.41, 5.74) is 12.0. The molecule has 5 nitrogen and oxygen atoms in total. The number of nitriles is 1. The second-order valence-electron chi connectivity index (χ2n) is 12.2. The highest BCUT2D eigenvalue weighted by Gasteiger charge is 2.14. The van der Waals surface area contributed by atoms with Crippen molar-refractivity contribution < 1.29 is 0 Å². The highest BCUT2D eigenvalue weighted by molar-refractivity contribution is 6.07. The Morgan fingerprint density at radius 1 is 0.400 bits per heavy atom. The number of pyridine rings is 4. The largest absolute Gasteiger partial charge is 0.255 e. The fourth-order valence-corrected chi connectivity index (χ4v) is 6.67. The third-order valence-electron chi connectivity index (χ3n) is 9.18. The summed E-state index contributed by atoms with van der Waals surface area (Å²) in [5.74, 6) is 0. The van der Waals surface area contributed by atoms with Gasteiger partial charge in [-0.15, -0.1) is 0 Å². The van der Waals surface area contributed by atoms with E-state index in [1.54, 1.807) is 6.20 Å². The molecule has 9 aromatic rings. The van der Waals surface area contributed by atoms with Gasteiger partial charge in [0.05, 0.1) is 51.1 Å². The summed E-state index contributed by atoms with van der Waals surface area (Å²) in [4.78, 5) is 19.8. The van der Waals surface area contributed by atoms with E-state index in [-0.39, 0.29) is 0 Å². The molecule has 0 aliphatic rings. The second-order valence-corrected chi connectivity index (χ2v) is 12.2. The Balaban J connectivity index is 1.13. The lowest BCUT2D eigenvalue weighted by Crippen LogP contribution is -1.93. The van der Waals surface area contributed by atoms with Gasteiger partial charge in [0.2, 0.25) is 0 Å². The summed E-state index contributed by atoms with van der Waals surface area (Å²) in [6.45, 7) is 0. The first kappa shape index (κ1) is 29.1. The van der Waals surface area contributed by atoms with E-state index in [0.717, 1.165) is 88.9 Å². The van der Waals surface area contributed by atoms with Crippen LogP contribution in [-0.4, -0.2) is 19.9 Å². The van der Waals surface area contributed by atoms with Crippen molar-refractivity contribution in [2.45, 2.75) is 0 Å². The molecule has 4 heterocycles. The van der Waals surface area contributed by atoms with Gasteiger partial charge in [0, 0.05) is 33.7 Å². The lowest BCUT2D eigenvalue weighted by molar-refractivity contribution is 1.25. The van der Waals surface area contributed by atoms with Gasteiger partial charge in [-0.1, -0.05) is 103 Å². The van der Waals surface area contributed by atoms with E-state index in [9.17, 15) is 5.26 Å². The molecule has 0 spiro atoms. The highest BCUT2D eigenvalue weighted by atomic mass is 14.8. The number of hydrogen-bond acceptors (Lipinski definition) is 5. The van der Waals surface area contributed by atoms with Gasteiger partial charge in [0.15, 0.2) is 0 Å². The van der Waals surface area contributed by atoms with Crippen molar-refractivity contribution in [1.82, 2.24) is 19.9 Å². The van der Waals surface area contributed by atoms with E-state index in [1.807, 2.05) is 66.7 Å². The standard InChI is InChI=1S/C45H27N5/c46-28-29-14-16-30(17-15-29)40-24-20-31-18-19-32-21-25-41(50-45(32)44(31)49-40)38-23-22-35(36-9-1-2-10-37(36)38)33-7-5-8-34(27-33)39-12-6-13-43(48-39)42-11-3-4-26-47-42/h1-27H. The molecule has 4 aromatic heterocycles. The molecule has 0 aliphatic carbocycles. The molecule has 0 atom stereocenters. The topological polar surface area (TPSA) is 75.3 Å². The maximum atomic E-state index is 9.24. The summed E-state index contributed by atoms with van der Waals surface area (Å²) < 4.78 is 0. The van der Waals surface area contributed by atoms with Gasteiger partial charge in [0.1, 0.15) is 0 Å². The maximum absolute atomic E-state index is 9.24. The summed E-state index contributed by atoms with van der Waals surface area (Å²) in [6, 6.07) is 55.7. The van der Waals surface area contributed by atoms with E-state index < -0.39 is 0 Å². The van der Waals surface area contributed by atoms with Crippen LogP contribution in [0.15, 0.2) is 164 Å². The first-order valence-electron chi connectivity index (χ1n) is 16.4. The summed E-state index contributed by atoms with van der Waals surface area (Å²) in [5, 5.41) is 13.6. The molecular weight excluding hydrogens is 611 g/mol. The molecule has 0 fully saturated rings. The van der Waals surface area contributed by atoms with Crippen LogP contribution < -0.4 is 0 Å². The predicted octanol–water partition coefficient (Wildman–Crippen LogP) is 10.9. The lowest BCUT2D eigenvalue weighted by atomic mass is 9.92. The normalized spacial score (nSPS) is 11.2. The number of nitrogens with zero attached hydrogens (tertiary/aromatic N) is 5. The molecule has 0 saturated carbocycles. The Morgan fingerprint density at radius 2 is 1.00 bits per heavy atom. The van der Waals surface area contributed by atoms with E-state index in [2.05, 4.69) is 102 Å². The molecule has 5 aromatic carbocycles. The van der Waals surface area contributed by atoms with E-state index >= 15 is 0 Å². The van der Waals surface area contributed by atoms with Gasteiger partial charge in [-0.25, -0.2) is 15.0 Å². The van der Waals surface area contributed by atoms with Crippen molar-refractivity contribution in [2.24, 2.45) is 0 Å². The van der Waals surface area contributed by atoms with Gasteiger partial charge in [-0.05, 0) is 76.5 Å². The van der Waals surface area contributed by atoms with Gasteiger partial charge < -0.3 is 0 Å². The first-order valence-corrected chi connectivity index (χ1v) is 16.4. The maximum Gasteiger partial charge on any atom is 0.0991 e. The number of fused-ring (bicyclic) bond motifs is 4. The first-order chi connectivity index (χ1) is 24.7. The molecule has 0 amide bonds. The van der Waals surface area contributed by atoms with Crippen molar-refractivity contribution in [1.29, 1.82) is 5.26 Å². The molecular formula is C45H27N5. The average molecular weight is 638 g/mol. The van der Waals surface area contributed by atoms with Gasteiger partial charge in [0.25, 0.3) is 0 Å². The summed E-state index contributed by atoms with van der Waals surface area (Å²) in [7, 11) is 0. The van der Waals surface area contributed by atoms with Crippen LogP contribution >= 0.6 is 0 Å². The number of aromatic nitrogens is 4. The molecule has 50 heavy (non-hydrogen) atoms. The van der Waals surface area contributed by atoms with E-state index in [4.69, 9.17) is 15.0 Å². The van der Waals surface area contributed by atoms with Crippen LogP contribution in [0, 0.1) is 11.3 Å². The van der Waals surface area contributed by atoms with Crippen molar-refractivity contribution in [2.75, 3.05) is 0 Å². The van der Waals surface area contributed by atoms with Gasteiger partial charge >= 0.3 is 0 Å². The molecule has 0 saturated heterocycles. The SMILES string of the molecule is N#Cc1ccc(-c2ccc3ccc4ccc(-c5ccc(-c6cccc(-c7cccc(-c8ccccn8)n7)c6)c6ccccc56)nc4c3n2)cc1. The van der Waals surface area contributed by atoms with Crippen LogP contribution in [0.4, 0.5) is 0 Å². The van der Waals surface area contributed by atoms with Gasteiger partial charge in [-0.2, -0.15) is 5.26 Å². The van der Waals surface area contributed by atoms with Crippen molar-refractivity contribution in [3.8, 4) is 62.4 Å². The second kappa shape index (κ2) is 12.2. The van der Waals surface area contributed by atoms with Crippen molar-refractivity contribution in [3.05, 3.63) is 169 Å². The monoisotopic (exact) mass is 637 g/mol. The van der Waals surface area contributed by atoms with E-state index in [0.29, 0.717) is 5.56 Å². The number of benzene rings is 5. The zero-order valence-electron chi connectivity index (χ0n) is 26.8. The minimum Gasteiger partial charge on any atom is -0.255 e. The van der Waals surface area contributed by atoms with Crippen LogP contribution in [0.25, 0.3) is 88.9 Å². The molecule has 0 N–H and O–H groups in total. The number of hydrogen-bond donors (Lipinski definition) is 0. The van der Waals surface area contributed by atoms with Gasteiger partial charge in [-0.3, -0.25) is 4.98 Å².